The monoisotopic (exact) mass is 541 g/mol. The number of pyridine rings is 1. The summed E-state index contributed by atoms with van der Waals surface area (Å²) in [6, 6.07) is 19.0. The first kappa shape index (κ1) is 27.7. The molecule has 4 aromatic rings. The number of carbonyl (C=O) groups excluding carboxylic acids is 1. The van der Waals surface area contributed by atoms with Crippen LogP contribution in [0.1, 0.15) is 55.6 Å². The van der Waals surface area contributed by atoms with Gasteiger partial charge in [-0.3, -0.25) is 19.1 Å². The van der Waals surface area contributed by atoms with Crippen LogP contribution < -0.4 is 15.6 Å². The van der Waals surface area contributed by atoms with Crippen molar-refractivity contribution in [2.45, 2.75) is 52.1 Å². The molecule has 40 heavy (non-hydrogen) atoms. The van der Waals surface area contributed by atoms with Crippen molar-refractivity contribution in [2.24, 2.45) is 11.8 Å². The molecule has 3 atom stereocenters. The molecule has 7 heteroatoms. The second kappa shape index (κ2) is 12.6. The van der Waals surface area contributed by atoms with Crippen LogP contribution in [0.5, 0.6) is 5.75 Å². The molecular weight excluding hydrogens is 502 g/mol. The van der Waals surface area contributed by atoms with Crippen LogP contribution in [0.2, 0.25) is 0 Å². The maximum Gasteiger partial charge on any atom is 0.262 e. The molecule has 210 valence electrons. The van der Waals surface area contributed by atoms with E-state index in [4.69, 9.17) is 9.15 Å². The molecule has 0 aliphatic heterocycles. The number of amides is 1. The number of hydrogen-bond donors (Lipinski definition) is 1. The molecule has 2 aromatic heterocycles. The summed E-state index contributed by atoms with van der Waals surface area (Å²) in [5, 5.41) is 4.28. The van der Waals surface area contributed by atoms with Gasteiger partial charge in [-0.05, 0) is 67.1 Å². The molecule has 1 N–H and O–H groups in total. The summed E-state index contributed by atoms with van der Waals surface area (Å²) in [6.45, 7) is 6.92. The van der Waals surface area contributed by atoms with Gasteiger partial charge in [-0.2, -0.15) is 0 Å². The Hall–Kier alpha value is -3.84. The Morgan fingerprint density at radius 3 is 2.55 bits per heavy atom. The fraction of sp³-hybridized carbons (Fsp3) is 0.394. The molecule has 2 heterocycles. The molecule has 1 aliphatic carbocycles. The largest absolute Gasteiger partial charge is 0.497 e. The Bertz CT molecular complexity index is 1480. The standard InChI is InChI=1S/C33H39N3O4/c1-23-9-6-13-31(24(23)2)35(21-27-10-7-20-40-27)19-8-18-34-32(37)30-22-36(25-14-16-26(39-3)17-15-25)33(38)29-12-5-4-11-28(29)30/h4-5,7,10-12,14-17,20,22-24,31H,6,8-9,13,18-19,21H2,1-3H3,(H,34,37). The summed E-state index contributed by atoms with van der Waals surface area (Å²) < 4.78 is 12.5. The number of methoxy groups -OCH3 is 1. The topological polar surface area (TPSA) is 76.7 Å². The van der Waals surface area contributed by atoms with Crippen LogP contribution in [0.25, 0.3) is 16.5 Å². The van der Waals surface area contributed by atoms with Crippen molar-refractivity contribution in [3.63, 3.8) is 0 Å². The number of hydrogen-bond acceptors (Lipinski definition) is 5. The number of furan rings is 1. The van der Waals surface area contributed by atoms with Crippen molar-refractivity contribution in [2.75, 3.05) is 20.2 Å². The number of fused-ring (bicyclic) bond motifs is 1. The van der Waals surface area contributed by atoms with Gasteiger partial charge in [0.1, 0.15) is 11.5 Å². The zero-order valence-corrected chi connectivity index (χ0v) is 23.6. The third-order valence-corrected chi connectivity index (χ3v) is 8.50. The van der Waals surface area contributed by atoms with Crippen molar-refractivity contribution in [1.29, 1.82) is 0 Å². The molecule has 3 unspecified atom stereocenters. The van der Waals surface area contributed by atoms with E-state index in [0.29, 0.717) is 52.2 Å². The lowest BCUT2D eigenvalue weighted by atomic mass is 9.77. The molecule has 0 spiro atoms. The first-order valence-electron chi connectivity index (χ1n) is 14.3. The molecule has 1 aliphatic rings. The van der Waals surface area contributed by atoms with E-state index < -0.39 is 0 Å². The Labute approximate surface area is 235 Å². The molecule has 7 nitrogen and oxygen atoms in total. The third kappa shape index (κ3) is 5.99. The van der Waals surface area contributed by atoms with Gasteiger partial charge in [0.15, 0.2) is 0 Å². The first-order chi connectivity index (χ1) is 19.5. The lowest BCUT2D eigenvalue weighted by Gasteiger charge is -2.41. The summed E-state index contributed by atoms with van der Waals surface area (Å²) in [5.41, 5.74) is 0.991. The van der Waals surface area contributed by atoms with Crippen LogP contribution in [0.15, 0.2) is 82.3 Å². The van der Waals surface area contributed by atoms with Gasteiger partial charge in [0.25, 0.3) is 11.5 Å². The van der Waals surface area contributed by atoms with E-state index in [-0.39, 0.29) is 11.5 Å². The predicted octanol–water partition coefficient (Wildman–Crippen LogP) is 6.04. The quantitative estimate of drug-likeness (QED) is 0.248. The van der Waals surface area contributed by atoms with Gasteiger partial charge in [-0.15, -0.1) is 0 Å². The third-order valence-electron chi connectivity index (χ3n) is 8.50. The Morgan fingerprint density at radius 2 is 1.82 bits per heavy atom. The Balaban J connectivity index is 1.31. The van der Waals surface area contributed by atoms with Crippen LogP contribution in [-0.2, 0) is 6.54 Å². The fourth-order valence-corrected chi connectivity index (χ4v) is 6.02. The number of rotatable bonds is 10. The first-order valence-corrected chi connectivity index (χ1v) is 14.3. The number of nitrogens with zero attached hydrogens (tertiary/aromatic N) is 2. The van der Waals surface area contributed by atoms with Crippen molar-refractivity contribution >= 4 is 16.7 Å². The van der Waals surface area contributed by atoms with Gasteiger partial charge in [-0.1, -0.05) is 44.9 Å². The van der Waals surface area contributed by atoms with E-state index in [2.05, 4.69) is 24.1 Å². The van der Waals surface area contributed by atoms with Gasteiger partial charge in [0.05, 0.1) is 25.5 Å². The highest BCUT2D eigenvalue weighted by molar-refractivity contribution is 6.06. The lowest BCUT2D eigenvalue weighted by Crippen LogP contribution is -2.44. The minimum Gasteiger partial charge on any atom is -0.497 e. The summed E-state index contributed by atoms with van der Waals surface area (Å²) in [7, 11) is 1.60. The maximum absolute atomic E-state index is 13.5. The number of aromatic nitrogens is 1. The van der Waals surface area contributed by atoms with E-state index in [1.165, 1.54) is 23.8 Å². The molecule has 0 bridgehead atoms. The summed E-state index contributed by atoms with van der Waals surface area (Å²) in [5.74, 6) is 2.81. The summed E-state index contributed by atoms with van der Waals surface area (Å²) >= 11 is 0. The van der Waals surface area contributed by atoms with Crippen LogP contribution in [0.3, 0.4) is 0 Å². The van der Waals surface area contributed by atoms with Crippen LogP contribution in [0.4, 0.5) is 0 Å². The van der Waals surface area contributed by atoms with Gasteiger partial charge in [-0.25, -0.2) is 0 Å². The number of nitrogens with one attached hydrogen (secondary N) is 1. The molecule has 5 rings (SSSR count). The number of carbonyl (C=O) groups is 1. The Morgan fingerprint density at radius 1 is 1.05 bits per heavy atom. The molecule has 0 radical (unpaired) electrons. The normalized spacial score (nSPS) is 19.1. The zero-order chi connectivity index (χ0) is 28.1. The van der Waals surface area contributed by atoms with E-state index in [0.717, 1.165) is 25.3 Å². The smallest absolute Gasteiger partial charge is 0.262 e. The molecule has 1 saturated carbocycles. The van der Waals surface area contributed by atoms with E-state index in [1.54, 1.807) is 37.8 Å². The molecule has 1 fully saturated rings. The average molecular weight is 542 g/mol. The minimum absolute atomic E-state index is 0.165. The lowest BCUT2D eigenvalue weighted by molar-refractivity contribution is 0.0680. The van der Waals surface area contributed by atoms with Crippen molar-refractivity contribution in [1.82, 2.24) is 14.8 Å². The van der Waals surface area contributed by atoms with Gasteiger partial charge in [0, 0.05) is 41.8 Å². The second-order valence-electron chi connectivity index (χ2n) is 11.0. The molecular formula is C33H39N3O4. The fourth-order valence-electron chi connectivity index (χ4n) is 6.02. The highest BCUT2D eigenvalue weighted by atomic mass is 16.5. The molecule has 0 saturated heterocycles. The predicted molar refractivity (Wildman–Crippen MR) is 158 cm³/mol. The maximum atomic E-state index is 13.5. The SMILES string of the molecule is COc1ccc(-n2cc(C(=O)NCCCN(Cc3ccco3)C3CCCC(C)C3C)c3ccccc3c2=O)cc1. The molecule has 1 amide bonds. The van der Waals surface area contributed by atoms with Gasteiger partial charge < -0.3 is 14.5 Å². The summed E-state index contributed by atoms with van der Waals surface area (Å²) in [6.07, 6.45) is 7.93. The average Bonchev–Trinajstić information content (AvgIpc) is 3.50. The highest BCUT2D eigenvalue weighted by Crippen LogP contribution is 2.33. The van der Waals surface area contributed by atoms with E-state index in [1.807, 2.05) is 42.5 Å². The Kier molecular flexibility index (Phi) is 8.70. The van der Waals surface area contributed by atoms with E-state index in [9.17, 15) is 9.59 Å². The van der Waals surface area contributed by atoms with Crippen LogP contribution >= 0.6 is 0 Å². The second-order valence-corrected chi connectivity index (χ2v) is 11.0. The van der Waals surface area contributed by atoms with Crippen molar-refractivity contribution in [3.05, 3.63) is 94.8 Å². The van der Waals surface area contributed by atoms with Gasteiger partial charge in [0.2, 0.25) is 0 Å². The van der Waals surface area contributed by atoms with Crippen LogP contribution in [0, 0.1) is 11.8 Å². The van der Waals surface area contributed by atoms with E-state index >= 15 is 0 Å². The highest BCUT2D eigenvalue weighted by Gasteiger charge is 2.31. The van der Waals surface area contributed by atoms with Crippen LogP contribution in [-0.4, -0.2) is 41.6 Å². The van der Waals surface area contributed by atoms with Crippen molar-refractivity contribution < 1.29 is 13.9 Å². The zero-order valence-electron chi connectivity index (χ0n) is 23.6. The molecule has 2 aromatic carbocycles. The number of ether oxygens (including phenoxy) is 1. The number of benzene rings is 2. The van der Waals surface area contributed by atoms with Crippen molar-refractivity contribution in [3.8, 4) is 11.4 Å². The van der Waals surface area contributed by atoms with Gasteiger partial charge >= 0.3 is 0 Å². The summed E-state index contributed by atoms with van der Waals surface area (Å²) in [4.78, 5) is 29.3. The minimum atomic E-state index is -0.185.